The Morgan fingerprint density at radius 1 is 1.24 bits per heavy atom. The van der Waals surface area contributed by atoms with Crippen LogP contribution in [0.3, 0.4) is 0 Å². The molecule has 96 valence electrons. The number of hydrogen-bond donors (Lipinski definition) is 0. The minimum absolute atomic E-state index is 0.150. The summed E-state index contributed by atoms with van der Waals surface area (Å²) in [6.45, 7) is 0. The van der Waals surface area contributed by atoms with Gasteiger partial charge in [0.25, 0.3) is 10.1 Å². The van der Waals surface area contributed by atoms with Crippen LogP contribution < -0.4 is 0 Å². The van der Waals surface area contributed by atoms with Crippen molar-refractivity contribution in [2.45, 2.75) is 29.3 Å². The van der Waals surface area contributed by atoms with E-state index < -0.39 is 16.2 Å². The zero-order valence-corrected chi connectivity index (χ0v) is 12.5. The highest BCUT2D eigenvalue weighted by Crippen LogP contribution is 2.55. The van der Waals surface area contributed by atoms with E-state index in [4.69, 9.17) is 4.18 Å². The molecule has 0 saturated heterocycles. The molecule has 4 fully saturated rings. The van der Waals surface area contributed by atoms with Crippen molar-refractivity contribution in [1.82, 2.24) is 0 Å². The smallest absolute Gasteiger partial charge is 0.264 e. The molecule has 4 nitrogen and oxygen atoms in total. The van der Waals surface area contributed by atoms with Gasteiger partial charge in [-0.1, -0.05) is 22.6 Å². The molecule has 0 aromatic heterocycles. The lowest BCUT2D eigenvalue weighted by Crippen LogP contribution is -2.60. The fourth-order valence-corrected chi connectivity index (χ4v) is 5.90. The van der Waals surface area contributed by atoms with E-state index in [9.17, 15) is 13.2 Å². The second-order valence-electron chi connectivity index (χ2n) is 5.56. The Bertz CT molecular complexity index is 460. The second-order valence-corrected chi connectivity index (χ2v) is 8.60. The number of rotatable bonds is 2. The molecule has 4 saturated carbocycles. The van der Waals surface area contributed by atoms with Crippen LogP contribution >= 0.6 is 22.6 Å². The molecule has 4 aliphatic carbocycles. The largest absolute Gasteiger partial charge is 0.299 e. The van der Waals surface area contributed by atoms with Crippen molar-refractivity contribution >= 4 is 38.5 Å². The van der Waals surface area contributed by atoms with Gasteiger partial charge in [-0.3, -0.25) is 8.98 Å². The van der Waals surface area contributed by atoms with E-state index in [1.807, 2.05) is 0 Å². The molecule has 0 aromatic carbocycles. The van der Waals surface area contributed by atoms with Crippen molar-refractivity contribution in [3.8, 4) is 0 Å². The summed E-state index contributed by atoms with van der Waals surface area (Å²) in [6, 6.07) is 0. The molecule has 0 aromatic rings. The first kappa shape index (κ1) is 12.3. The lowest BCUT2D eigenvalue weighted by molar-refractivity contribution is -0.149. The summed E-state index contributed by atoms with van der Waals surface area (Å²) in [5.74, 6) is 1.07. The first-order chi connectivity index (χ1) is 7.87. The summed E-state index contributed by atoms with van der Waals surface area (Å²) >= 11 is 2.31. The van der Waals surface area contributed by atoms with E-state index in [1.54, 1.807) is 0 Å². The van der Waals surface area contributed by atoms with Gasteiger partial charge in [-0.25, -0.2) is 0 Å². The molecule has 0 amide bonds. The predicted octanol–water partition coefficient (Wildman–Crippen LogP) is 1.38. The Morgan fingerprint density at radius 3 is 2.53 bits per heavy atom. The SMILES string of the molecule is CS(=O)(=O)OC1C2CC3CC(C2=O)C(I)C1C3. The van der Waals surface area contributed by atoms with Crippen LogP contribution in [0.2, 0.25) is 0 Å². The highest BCUT2D eigenvalue weighted by atomic mass is 127. The van der Waals surface area contributed by atoms with E-state index in [2.05, 4.69) is 22.6 Å². The topological polar surface area (TPSA) is 60.4 Å². The Hall–Kier alpha value is 0.310. The molecule has 0 spiro atoms. The van der Waals surface area contributed by atoms with Crippen molar-refractivity contribution in [3.63, 3.8) is 0 Å². The van der Waals surface area contributed by atoms with Gasteiger partial charge in [0, 0.05) is 15.8 Å². The van der Waals surface area contributed by atoms with Crippen LogP contribution in [0.15, 0.2) is 0 Å². The van der Waals surface area contributed by atoms with Crippen molar-refractivity contribution < 1.29 is 17.4 Å². The summed E-state index contributed by atoms with van der Waals surface area (Å²) in [7, 11) is -3.47. The van der Waals surface area contributed by atoms with E-state index in [0.29, 0.717) is 5.92 Å². The Balaban J connectivity index is 1.93. The lowest BCUT2D eigenvalue weighted by Gasteiger charge is -2.54. The zero-order valence-electron chi connectivity index (χ0n) is 9.50. The number of ketones is 1. The molecule has 0 aliphatic heterocycles. The average Bonchev–Trinajstić information content (AvgIpc) is 2.21. The first-order valence-corrected chi connectivity index (χ1v) is 8.99. The maximum atomic E-state index is 12.2. The maximum absolute atomic E-state index is 12.2. The van der Waals surface area contributed by atoms with Gasteiger partial charge in [-0.15, -0.1) is 0 Å². The van der Waals surface area contributed by atoms with Crippen LogP contribution in [-0.4, -0.2) is 30.5 Å². The van der Waals surface area contributed by atoms with Gasteiger partial charge < -0.3 is 0 Å². The summed E-state index contributed by atoms with van der Waals surface area (Å²) < 4.78 is 28.1. The number of halogens is 1. The fraction of sp³-hybridized carbons (Fsp3) is 0.909. The van der Waals surface area contributed by atoms with Gasteiger partial charge in [0.05, 0.1) is 12.4 Å². The van der Waals surface area contributed by atoms with Gasteiger partial charge in [-0.2, -0.15) is 8.42 Å². The first-order valence-electron chi connectivity index (χ1n) is 5.93. The summed E-state index contributed by atoms with van der Waals surface area (Å²) in [4.78, 5) is 12.2. The van der Waals surface area contributed by atoms with Crippen molar-refractivity contribution in [2.75, 3.05) is 6.26 Å². The number of hydrogen-bond acceptors (Lipinski definition) is 4. The number of alkyl halides is 1. The third kappa shape index (κ3) is 1.96. The van der Waals surface area contributed by atoms with Gasteiger partial charge in [0.2, 0.25) is 0 Å². The highest BCUT2D eigenvalue weighted by Gasteiger charge is 2.58. The average molecular weight is 370 g/mol. The third-order valence-electron chi connectivity index (χ3n) is 4.41. The normalized spacial score (nSPS) is 48.7. The second kappa shape index (κ2) is 3.90. The quantitative estimate of drug-likeness (QED) is 0.419. The van der Waals surface area contributed by atoms with Gasteiger partial charge in [-0.05, 0) is 31.1 Å². The van der Waals surface area contributed by atoms with E-state index in [0.717, 1.165) is 25.5 Å². The molecule has 6 unspecified atom stereocenters. The van der Waals surface area contributed by atoms with Crippen LogP contribution in [0, 0.1) is 23.7 Å². The molecule has 6 atom stereocenters. The monoisotopic (exact) mass is 370 g/mol. The minimum atomic E-state index is -3.47. The maximum Gasteiger partial charge on any atom is 0.264 e. The molecule has 0 N–H and O–H groups in total. The molecule has 4 aliphatic rings. The molecular formula is C11H15IO4S. The Morgan fingerprint density at radius 2 is 1.88 bits per heavy atom. The highest BCUT2D eigenvalue weighted by molar-refractivity contribution is 14.1. The molecule has 0 radical (unpaired) electrons. The molecule has 0 heterocycles. The fourth-order valence-electron chi connectivity index (χ4n) is 3.86. The molecule has 4 rings (SSSR count). The molecular weight excluding hydrogens is 355 g/mol. The third-order valence-corrected chi connectivity index (χ3v) is 6.77. The van der Waals surface area contributed by atoms with E-state index in [1.165, 1.54) is 0 Å². The van der Waals surface area contributed by atoms with E-state index >= 15 is 0 Å². The van der Waals surface area contributed by atoms with Crippen LogP contribution in [-0.2, 0) is 19.1 Å². The van der Waals surface area contributed by atoms with Crippen LogP contribution in [0.1, 0.15) is 19.3 Å². The molecule has 17 heavy (non-hydrogen) atoms. The van der Waals surface area contributed by atoms with Crippen LogP contribution in [0.5, 0.6) is 0 Å². The number of carbonyl (C=O) groups is 1. The summed E-state index contributed by atoms with van der Waals surface area (Å²) in [5, 5.41) is 0. The van der Waals surface area contributed by atoms with Crippen molar-refractivity contribution in [2.24, 2.45) is 23.7 Å². The number of carbonyl (C=O) groups excluding carboxylic acids is 1. The van der Waals surface area contributed by atoms with E-state index in [-0.39, 0.29) is 27.5 Å². The lowest BCUT2D eigenvalue weighted by atomic mass is 9.54. The van der Waals surface area contributed by atoms with Crippen molar-refractivity contribution in [1.29, 1.82) is 0 Å². The standard InChI is InChI=1S/C11H15IO4S/c1-17(14,15)16-11-7-3-5-2-6(9(7)12)10(13)8(11)4-5/h5-9,11H,2-4H2,1H3. The Kier molecular flexibility index (Phi) is 2.83. The summed E-state index contributed by atoms with van der Waals surface area (Å²) in [6.07, 6.45) is 3.53. The van der Waals surface area contributed by atoms with Gasteiger partial charge in [0.15, 0.2) is 0 Å². The Labute approximate surface area is 115 Å². The number of Topliss-reactive ketones (excluding diaryl/α,β-unsaturated/α-hetero) is 1. The van der Waals surface area contributed by atoms with Gasteiger partial charge >= 0.3 is 0 Å². The van der Waals surface area contributed by atoms with Crippen molar-refractivity contribution in [3.05, 3.63) is 0 Å². The molecule has 4 bridgehead atoms. The van der Waals surface area contributed by atoms with Gasteiger partial charge in [0.1, 0.15) is 5.78 Å². The van der Waals surface area contributed by atoms with Crippen LogP contribution in [0.25, 0.3) is 0 Å². The minimum Gasteiger partial charge on any atom is -0.299 e. The summed E-state index contributed by atoms with van der Waals surface area (Å²) in [5.41, 5.74) is 0. The molecule has 6 heteroatoms. The zero-order chi connectivity index (χ0) is 12.4. The van der Waals surface area contributed by atoms with Crippen LogP contribution in [0.4, 0.5) is 0 Å². The predicted molar refractivity (Wildman–Crippen MR) is 70.3 cm³/mol.